The van der Waals surface area contributed by atoms with E-state index in [2.05, 4.69) is 243 Å². The van der Waals surface area contributed by atoms with Gasteiger partial charge in [-0.1, -0.05) is 237 Å². The summed E-state index contributed by atoms with van der Waals surface area (Å²) in [6.07, 6.45) is 0. The first kappa shape index (κ1) is 38.6. The van der Waals surface area contributed by atoms with E-state index in [1.165, 1.54) is 71.3 Å². The Bertz CT molecular complexity index is 3790. The molecule has 0 atom stereocenters. The van der Waals surface area contributed by atoms with Gasteiger partial charge in [0.1, 0.15) is 0 Å². The molecule has 11 aromatic carbocycles. The van der Waals surface area contributed by atoms with Gasteiger partial charge in [0, 0.05) is 16.7 Å². The second-order valence-corrected chi connectivity index (χ2v) is 17.5. The Kier molecular flexibility index (Phi) is 9.07. The summed E-state index contributed by atoms with van der Waals surface area (Å²) in [6.45, 7) is 0. The van der Waals surface area contributed by atoms with Gasteiger partial charge in [0.15, 0.2) is 17.5 Å². The fraction of sp³-hybridized carbons (Fsp3) is 0.0156. The van der Waals surface area contributed by atoms with E-state index in [1.54, 1.807) is 0 Å². The highest BCUT2D eigenvalue weighted by Gasteiger charge is 2.46. The fourth-order valence-corrected chi connectivity index (χ4v) is 10.7. The SMILES string of the molecule is c1ccc(-c2ccc(-c3nc(-c4ccc(-c5c6ccccc6cc6c5ccc5ccccc56)cc4)nc(-c4ccc5c(c4)C(c4ccccc4)(c4ccccc4)c4ccccc4-5)n3)cc2)cc1. The van der Waals surface area contributed by atoms with Gasteiger partial charge < -0.3 is 0 Å². The van der Waals surface area contributed by atoms with E-state index in [1.807, 2.05) is 6.07 Å². The summed E-state index contributed by atoms with van der Waals surface area (Å²) >= 11 is 0. The van der Waals surface area contributed by atoms with Gasteiger partial charge in [-0.3, -0.25) is 0 Å². The lowest BCUT2D eigenvalue weighted by atomic mass is 9.67. The van der Waals surface area contributed by atoms with Crippen molar-refractivity contribution < 1.29 is 0 Å². The average Bonchev–Trinajstić information content (AvgIpc) is 3.71. The third-order valence-electron chi connectivity index (χ3n) is 13.8. The van der Waals surface area contributed by atoms with Crippen molar-refractivity contribution >= 4 is 32.3 Å². The third-order valence-corrected chi connectivity index (χ3v) is 13.8. The van der Waals surface area contributed by atoms with E-state index in [4.69, 9.17) is 15.0 Å². The van der Waals surface area contributed by atoms with Gasteiger partial charge in [0.2, 0.25) is 0 Å². The number of benzene rings is 11. The van der Waals surface area contributed by atoms with Crippen molar-refractivity contribution in [2.75, 3.05) is 0 Å². The highest BCUT2D eigenvalue weighted by atomic mass is 15.0. The second-order valence-electron chi connectivity index (χ2n) is 17.5. The van der Waals surface area contributed by atoms with Crippen molar-refractivity contribution in [3.8, 4) is 67.5 Å². The van der Waals surface area contributed by atoms with Crippen LogP contribution in [0.15, 0.2) is 249 Å². The van der Waals surface area contributed by atoms with Crippen molar-refractivity contribution in [2.45, 2.75) is 5.41 Å². The van der Waals surface area contributed by atoms with Crippen LogP contribution in [0.3, 0.4) is 0 Å². The highest BCUT2D eigenvalue weighted by molar-refractivity contribution is 6.20. The number of hydrogen-bond donors (Lipinski definition) is 0. The highest BCUT2D eigenvalue weighted by Crippen LogP contribution is 2.56. The Balaban J connectivity index is 0.990. The molecule has 67 heavy (non-hydrogen) atoms. The Morgan fingerprint density at radius 2 is 0.731 bits per heavy atom. The minimum atomic E-state index is -0.551. The minimum Gasteiger partial charge on any atom is -0.208 e. The van der Waals surface area contributed by atoms with Crippen LogP contribution in [0.5, 0.6) is 0 Å². The summed E-state index contributed by atoms with van der Waals surface area (Å²) in [4.78, 5) is 15.9. The largest absolute Gasteiger partial charge is 0.208 e. The summed E-state index contributed by atoms with van der Waals surface area (Å²) < 4.78 is 0. The molecule has 0 bridgehead atoms. The summed E-state index contributed by atoms with van der Waals surface area (Å²) in [7, 11) is 0. The van der Waals surface area contributed by atoms with Gasteiger partial charge >= 0.3 is 0 Å². The van der Waals surface area contributed by atoms with Crippen molar-refractivity contribution in [3.05, 3.63) is 271 Å². The Morgan fingerprint density at radius 3 is 1.40 bits per heavy atom. The van der Waals surface area contributed by atoms with E-state index in [9.17, 15) is 0 Å². The second kappa shape index (κ2) is 15.7. The number of fused-ring (bicyclic) bond motifs is 7. The monoisotopic (exact) mass is 851 g/mol. The lowest BCUT2D eigenvalue weighted by molar-refractivity contribution is 0.768. The predicted molar refractivity (Wildman–Crippen MR) is 277 cm³/mol. The molecule has 12 aromatic rings. The van der Waals surface area contributed by atoms with Crippen LogP contribution in [-0.2, 0) is 5.41 Å². The van der Waals surface area contributed by atoms with Gasteiger partial charge in [0.05, 0.1) is 5.41 Å². The maximum atomic E-state index is 5.35. The molecule has 0 fully saturated rings. The molecule has 3 nitrogen and oxygen atoms in total. The van der Waals surface area contributed by atoms with Crippen LogP contribution in [0.25, 0.3) is 99.9 Å². The van der Waals surface area contributed by atoms with Crippen LogP contribution in [-0.4, -0.2) is 15.0 Å². The van der Waals surface area contributed by atoms with E-state index >= 15 is 0 Å². The molecule has 0 radical (unpaired) electrons. The summed E-state index contributed by atoms with van der Waals surface area (Å²) in [6, 6.07) is 89.5. The molecule has 3 heteroatoms. The standard InChI is InChI=1S/C64H41N3/c1-4-16-42(17-5-1)43-28-32-46(33-29-43)61-65-62(47-34-30-45(31-35-47)60-53-25-13-11-19-48(53)40-57-52-24-12-10-18-44(52)36-39-56(57)60)67-63(66-61)49-37-38-55-54-26-14-15-27-58(54)64(59(55)41-49,50-20-6-2-7-21-50)51-22-8-3-9-23-51/h1-41H. The van der Waals surface area contributed by atoms with Crippen molar-refractivity contribution in [1.29, 1.82) is 0 Å². The zero-order valence-electron chi connectivity index (χ0n) is 36.5. The topological polar surface area (TPSA) is 38.7 Å². The lowest BCUT2D eigenvalue weighted by Crippen LogP contribution is -2.28. The minimum absolute atomic E-state index is 0.551. The van der Waals surface area contributed by atoms with Crippen molar-refractivity contribution in [1.82, 2.24) is 15.0 Å². The number of nitrogens with zero attached hydrogens (tertiary/aromatic N) is 3. The maximum absolute atomic E-state index is 5.35. The molecule has 13 rings (SSSR count). The van der Waals surface area contributed by atoms with Gasteiger partial charge in [-0.15, -0.1) is 0 Å². The molecule has 0 N–H and O–H groups in total. The molecule has 0 spiro atoms. The Hall–Kier alpha value is -8.79. The molecule has 1 aliphatic carbocycles. The molecule has 312 valence electrons. The molecule has 1 heterocycles. The molecule has 0 unspecified atom stereocenters. The van der Waals surface area contributed by atoms with Crippen LogP contribution in [0.1, 0.15) is 22.3 Å². The van der Waals surface area contributed by atoms with Crippen LogP contribution < -0.4 is 0 Å². The first-order valence-corrected chi connectivity index (χ1v) is 22.9. The van der Waals surface area contributed by atoms with E-state index < -0.39 is 5.41 Å². The molecule has 1 aliphatic rings. The van der Waals surface area contributed by atoms with Gasteiger partial charge in [-0.25, -0.2) is 15.0 Å². The zero-order chi connectivity index (χ0) is 44.3. The van der Waals surface area contributed by atoms with Gasteiger partial charge in [-0.05, 0) is 100 Å². The lowest BCUT2D eigenvalue weighted by Gasteiger charge is -2.34. The Morgan fingerprint density at radius 1 is 0.254 bits per heavy atom. The molecule has 0 saturated heterocycles. The van der Waals surface area contributed by atoms with Crippen molar-refractivity contribution in [2.24, 2.45) is 0 Å². The summed E-state index contributed by atoms with van der Waals surface area (Å²) in [5.41, 5.74) is 14.2. The number of aromatic nitrogens is 3. The van der Waals surface area contributed by atoms with E-state index in [0.717, 1.165) is 33.4 Å². The fourth-order valence-electron chi connectivity index (χ4n) is 10.7. The van der Waals surface area contributed by atoms with Crippen molar-refractivity contribution in [3.63, 3.8) is 0 Å². The van der Waals surface area contributed by atoms with Crippen LogP contribution in [0, 0.1) is 0 Å². The normalized spacial score (nSPS) is 12.6. The number of hydrogen-bond acceptors (Lipinski definition) is 3. The smallest absolute Gasteiger partial charge is 0.164 e. The molecule has 0 amide bonds. The predicted octanol–water partition coefficient (Wildman–Crippen LogP) is 16.0. The first-order chi connectivity index (χ1) is 33.2. The Labute approximate surface area is 389 Å². The van der Waals surface area contributed by atoms with Crippen LogP contribution >= 0.6 is 0 Å². The van der Waals surface area contributed by atoms with Gasteiger partial charge in [0.25, 0.3) is 0 Å². The molecular formula is C64H41N3. The molecule has 1 aromatic heterocycles. The molecule has 0 aliphatic heterocycles. The average molecular weight is 852 g/mol. The van der Waals surface area contributed by atoms with Gasteiger partial charge in [-0.2, -0.15) is 0 Å². The third kappa shape index (κ3) is 6.31. The van der Waals surface area contributed by atoms with E-state index in [-0.39, 0.29) is 0 Å². The van der Waals surface area contributed by atoms with Crippen LogP contribution in [0.2, 0.25) is 0 Å². The zero-order valence-corrected chi connectivity index (χ0v) is 36.5. The first-order valence-electron chi connectivity index (χ1n) is 22.9. The van der Waals surface area contributed by atoms with E-state index in [0.29, 0.717) is 17.5 Å². The number of rotatable bonds is 7. The molecular weight excluding hydrogens is 811 g/mol. The van der Waals surface area contributed by atoms with Crippen LogP contribution in [0.4, 0.5) is 0 Å². The maximum Gasteiger partial charge on any atom is 0.164 e. The summed E-state index contributed by atoms with van der Waals surface area (Å²) in [5.74, 6) is 1.86. The summed E-state index contributed by atoms with van der Waals surface area (Å²) in [5, 5.41) is 7.42. The quantitative estimate of drug-likeness (QED) is 0.118. The molecule has 0 saturated carbocycles.